The number of hydrogen-bond acceptors (Lipinski definition) is 4. The first kappa shape index (κ1) is 23.5. The summed E-state index contributed by atoms with van der Waals surface area (Å²) in [5, 5.41) is 3.14. The average molecular weight is 452 g/mol. The van der Waals surface area contributed by atoms with Crippen molar-refractivity contribution in [1.82, 2.24) is 5.32 Å². The number of unbranched alkanes of at least 4 members (excludes halogenated alkanes) is 1. The summed E-state index contributed by atoms with van der Waals surface area (Å²) in [7, 11) is 1.69. The lowest BCUT2D eigenvalue weighted by Gasteiger charge is -2.30. The van der Waals surface area contributed by atoms with Gasteiger partial charge in [-0.15, -0.1) is 0 Å². The number of amides is 1. The Hall–Kier alpha value is -2.69. The molecule has 1 heterocycles. The topological polar surface area (TPSA) is 56.8 Å². The van der Waals surface area contributed by atoms with Crippen molar-refractivity contribution in [2.45, 2.75) is 70.3 Å². The summed E-state index contributed by atoms with van der Waals surface area (Å²) >= 11 is 0. The number of nitrogens with one attached hydrogen (secondary N) is 1. The van der Waals surface area contributed by atoms with E-state index in [4.69, 9.17) is 14.2 Å². The SMILES string of the molecule is CCCCOc1cccc(C[C@@H]2C[C@@H](c3ccc(OC)c(OC4CCCC4)c3)CNC2=O)c1. The molecule has 2 fully saturated rings. The van der Waals surface area contributed by atoms with Crippen molar-refractivity contribution < 1.29 is 19.0 Å². The van der Waals surface area contributed by atoms with E-state index in [9.17, 15) is 4.79 Å². The van der Waals surface area contributed by atoms with Crippen LogP contribution in [0.3, 0.4) is 0 Å². The molecule has 1 aliphatic carbocycles. The number of ether oxygens (including phenoxy) is 3. The molecule has 2 aliphatic rings. The largest absolute Gasteiger partial charge is 0.494 e. The van der Waals surface area contributed by atoms with Gasteiger partial charge in [-0.1, -0.05) is 31.5 Å². The van der Waals surface area contributed by atoms with Crippen molar-refractivity contribution in [1.29, 1.82) is 0 Å². The number of hydrogen-bond donors (Lipinski definition) is 1. The lowest BCUT2D eigenvalue weighted by molar-refractivity contribution is -0.126. The van der Waals surface area contributed by atoms with Crippen LogP contribution >= 0.6 is 0 Å². The number of rotatable bonds is 10. The van der Waals surface area contributed by atoms with Gasteiger partial charge in [0, 0.05) is 18.4 Å². The summed E-state index contributed by atoms with van der Waals surface area (Å²) in [4.78, 5) is 12.7. The van der Waals surface area contributed by atoms with Crippen molar-refractivity contribution in [2.24, 2.45) is 5.92 Å². The predicted octanol–water partition coefficient (Wildman–Crippen LogP) is 5.66. The maximum absolute atomic E-state index is 12.7. The van der Waals surface area contributed by atoms with E-state index in [-0.39, 0.29) is 23.8 Å². The fraction of sp³-hybridized carbons (Fsp3) is 0.536. The third-order valence-corrected chi connectivity index (χ3v) is 6.86. The van der Waals surface area contributed by atoms with Crippen LogP contribution in [-0.2, 0) is 11.2 Å². The molecule has 0 spiro atoms. The third kappa shape index (κ3) is 6.21. The van der Waals surface area contributed by atoms with Gasteiger partial charge in [-0.2, -0.15) is 0 Å². The van der Waals surface area contributed by atoms with E-state index in [1.165, 1.54) is 18.4 Å². The first-order chi connectivity index (χ1) is 16.2. The first-order valence-electron chi connectivity index (χ1n) is 12.5. The Balaban J connectivity index is 1.44. The first-order valence-corrected chi connectivity index (χ1v) is 12.5. The van der Waals surface area contributed by atoms with E-state index in [2.05, 4.69) is 36.5 Å². The van der Waals surface area contributed by atoms with Gasteiger partial charge in [-0.25, -0.2) is 0 Å². The van der Waals surface area contributed by atoms with Gasteiger partial charge in [0.05, 0.1) is 19.8 Å². The maximum Gasteiger partial charge on any atom is 0.223 e. The molecule has 5 heteroatoms. The van der Waals surface area contributed by atoms with Crippen molar-refractivity contribution >= 4 is 5.91 Å². The molecule has 1 saturated heterocycles. The van der Waals surface area contributed by atoms with Crippen LogP contribution in [0.25, 0.3) is 0 Å². The van der Waals surface area contributed by atoms with Gasteiger partial charge in [0.15, 0.2) is 11.5 Å². The summed E-state index contributed by atoms with van der Waals surface area (Å²) in [6, 6.07) is 14.4. The molecule has 1 saturated carbocycles. The van der Waals surface area contributed by atoms with Crippen LogP contribution in [0.15, 0.2) is 42.5 Å². The molecule has 4 rings (SSSR count). The van der Waals surface area contributed by atoms with Gasteiger partial charge in [0.1, 0.15) is 5.75 Å². The Labute approximate surface area is 197 Å². The smallest absolute Gasteiger partial charge is 0.223 e. The Bertz CT molecular complexity index is 922. The quantitative estimate of drug-likeness (QED) is 0.474. The molecule has 1 amide bonds. The van der Waals surface area contributed by atoms with Gasteiger partial charge in [-0.3, -0.25) is 4.79 Å². The van der Waals surface area contributed by atoms with Gasteiger partial charge in [0.25, 0.3) is 0 Å². The Kier molecular flexibility index (Phi) is 8.14. The van der Waals surface area contributed by atoms with Gasteiger partial charge in [-0.05, 0) is 80.3 Å². The van der Waals surface area contributed by atoms with Crippen LogP contribution in [0.4, 0.5) is 0 Å². The summed E-state index contributed by atoms with van der Waals surface area (Å²) in [5.41, 5.74) is 2.34. The molecule has 0 bridgehead atoms. The lowest BCUT2D eigenvalue weighted by Crippen LogP contribution is -2.41. The number of methoxy groups -OCH3 is 1. The van der Waals surface area contributed by atoms with Gasteiger partial charge < -0.3 is 19.5 Å². The van der Waals surface area contributed by atoms with E-state index < -0.39 is 0 Å². The van der Waals surface area contributed by atoms with Crippen molar-refractivity contribution in [3.05, 3.63) is 53.6 Å². The molecule has 178 valence electrons. The molecule has 0 radical (unpaired) electrons. The third-order valence-electron chi connectivity index (χ3n) is 6.86. The molecule has 2 atom stereocenters. The summed E-state index contributed by atoms with van der Waals surface area (Å²) in [6.07, 6.45) is 8.65. The molecule has 1 N–H and O–H groups in total. The molecular formula is C28H37NO4. The molecule has 0 aromatic heterocycles. The van der Waals surface area contributed by atoms with E-state index in [0.29, 0.717) is 6.54 Å². The summed E-state index contributed by atoms with van der Waals surface area (Å²) in [5.74, 6) is 2.83. The summed E-state index contributed by atoms with van der Waals surface area (Å²) < 4.78 is 17.7. The molecule has 2 aromatic rings. The zero-order valence-electron chi connectivity index (χ0n) is 20.0. The highest BCUT2D eigenvalue weighted by molar-refractivity contribution is 5.80. The lowest BCUT2D eigenvalue weighted by atomic mass is 9.82. The highest BCUT2D eigenvalue weighted by Crippen LogP contribution is 2.37. The van der Waals surface area contributed by atoms with Crippen LogP contribution in [0.5, 0.6) is 17.2 Å². The number of carbonyl (C=O) groups excluding carboxylic acids is 1. The highest BCUT2D eigenvalue weighted by atomic mass is 16.5. The highest BCUT2D eigenvalue weighted by Gasteiger charge is 2.30. The van der Waals surface area contributed by atoms with Crippen LogP contribution in [0.1, 0.15) is 68.9 Å². The molecule has 5 nitrogen and oxygen atoms in total. The van der Waals surface area contributed by atoms with E-state index in [1.807, 2.05) is 18.2 Å². The van der Waals surface area contributed by atoms with E-state index in [1.54, 1.807) is 7.11 Å². The zero-order chi connectivity index (χ0) is 23.0. The number of benzene rings is 2. The number of piperidine rings is 1. The van der Waals surface area contributed by atoms with Crippen LogP contribution in [0, 0.1) is 5.92 Å². The Morgan fingerprint density at radius 1 is 1.06 bits per heavy atom. The minimum absolute atomic E-state index is 0.0593. The van der Waals surface area contributed by atoms with Gasteiger partial charge >= 0.3 is 0 Å². The Morgan fingerprint density at radius 2 is 1.91 bits per heavy atom. The van der Waals surface area contributed by atoms with Crippen LogP contribution < -0.4 is 19.5 Å². The van der Waals surface area contributed by atoms with Crippen molar-refractivity contribution in [2.75, 3.05) is 20.3 Å². The predicted molar refractivity (Wildman–Crippen MR) is 130 cm³/mol. The Morgan fingerprint density at radius 3 is 2.70 bits per heavy atom. The maximum atomic E-state index is 12.7. The fourth-order valence-electron chi connectivity index (χ4n) is 4.94. The molecule has 1 aliphatic heterocycles. The van der Waals surface area contributed by atoms with Crippen LogP contribution in [-0.4, -0.2) is 32.3 Å². The van der Waals surface area contributed by atoms with Crippen LogP contribution in [0.2, 0.25) is 0 Å². The summed E-state index contributed by atoms with van der Waals surface area (Å²) in [6.45, 7) is 3.55. The van der Waals surface area contributed by atoms with Gasteiger partial charge in [0.2, 0.25) is 5.91 Å². The molecule has 2 aromatic carbocycles. The average Bonchev–Trinajstić information content (AvgIpc) is 3.34. The molecule has 0 unspecified atom stereocenters. The van der Waals surface area contributed by atoms with E-state index in [0.717, 1.165) is 67.9 Å². The second-order valence-electron chi connectivity index (χ2n) is 9.36. The monoisotopic (exact) mass is 451 g/mol. The zero-order valence-corrected chi connectivity index (χ0v) is 20.0. The molecule has 33 heavy (non-hydrogen) atoms. The number of carbonyl (C=O) groups is 1. The van der Waals surface area contributed by atoms with Crippen molar-refractivity contribution in [3.63, 3.8) is 0 Å². The minimum atomic E-state index is -0.0593. The molecular weight excluding hydrogens is 414 g/mol. The minimum Gasteiger partial charge on any atom is -0.494 e. The normalized spacial score (nSPS) is 21.0. The van der Waals surface area contributed by atoms with Crippen molar-refractivity contribution in [3.8, 4) is 17.2 Å². The second-order valence-corrected chi connectivity index (χ2v) is 9.36. The van der Waals surface area contributed by atoms with E-state index >= 15 is 0 Å². The fourth-order valence-corrected chi connectivity index (χ4v) is 4.94. The standard InChI is InChI=1S/C28H37NO4/c1-3-4-14-32-25-11-7-8-20(16-25)15-22-17-23(19-29-28(22)30)21-12-13-26(31-2)27(18-21)33-24-9-5-6-10-24/h7-8,11-13,16,18,22-24H,3-6,9-10,14-15,17,19H2,1-2H3,(H,29,30)/t22-,23-/m1/s1. The second kappa shape index (κ2) is 11.4.